The van der Waals surface area contributed by atoms with Gasteiger partial charge in [-0.1, -0.05) is 24.3 Å². The molecule has 1 heterocycles. The quantitative estimate of drug-likeness (QED) is 0.699. The molecule has 1 aliphatic carbocycles. The first-order valence-electron chi connectivity index (χ1n) is 10.2. The van der Waals surface area contributed by atoms with Crippen LogP contribution >= 0.6 is 0 Å². The fourth-order valence-corrected chi connectivity index (χ4v) is 4.10. The summed E-state index contributed by atoms with van der Waals surface area (Å²) in [6.45, 7) is 2.57. The molecule has 6 nitrogen and oxygen atoms in total. The molecule has 3 aromatic rings. The summed E-state index contributed by atoms with van der Waals surface area (Å²) in [6, 6.07) is 15.5. The van der Waals surface area contributed by atoms with Crippen molar-refractivity contribution < 1.29 is 9.59 Å². The molecule has 1 fully saturated rings. The zero-order chi connectivity index (χ0) is 20.4. The van der Waals surface area contributed by atoms with Crippen molar-refractivity contribution >= 4 is 22.8 Å². The summed E-state index contributed by atoms with van der Waals surface area (Å²) in [5, 5.41) is 2.89. The van der Waals surface area contributed by atoms with E-state index in [0.717, 1.165) is 41.7 Å². The highest BCUT2D eigenvalue weighted by atomic mass is 16.2. The topological polar surface area (TPSA) is 78.1 Å². The number of carbonyl (C=O) groups excluding carboxylic acids is 2. The van der Waals surface area contributed by atoms with E-state index in [4.69, 9.17) is 0 Å². The molecule has 0 bridgehead atoms. The van der Waals surface area contributed by atoms with Gasteiger partial charge in [-0.15, -0.1) is 0 Å². The van der Waals surface area contributed by atoms with E-state index in [1.54, 1.807) is 4.90 Å². The molecule has 0 radical (unpaired) electrons. The van der Waals surface area contributed by atoms with E-state index in [2.05, 4.69) is 15.3 Å². The number of imidazole rings is 1. The van der Waals surface area contributed by atoms with Crippen LogP contribution in [0.3, 0.4) is 0 Å². The van der Waals surface area contributed by atoms with Crippen molar-refractivity contribution in [2.24, 2.45) is 5.92 Å². The van der Waals surface area contributed by atoms with Gasteiger partial charge < -0.3 is 15.2 Å². The number of amides is 2. The molecule has 6 heteroatoms. The van der Waals surface area contributed by atoms with Gasteiger partial charge >= 0.3 is 0 Å². The minimum atomic E-state index is -0.0114. The molecule has 1 saturated carbocycles. The van der Waals surface area contributed by atoms with Gasteiger partial charge in [0.15, 0.2) is 0 Å². The standard InChI is InChI=1S/C23H26N4O2/c1-3-24-22(28)17-12-13-18(14-17)27(2)23(29)16-10-8-15(9-11-16)21-25-19-6-4-5-7-20(19)26-21/h4-11,17-18H,3,12-14H2,1-2H3,(H,24,28)(H,25,26)/t17-,18+/m0/s1. The minimum Gasteiger partial charge on any atom is -0.356 e. The number of hydrogen-bond donors (Lipinski definition) is 2. The fraction of sp³-hybridized carbons (Fsp3) is 0.348. The molecule has 2 aromatic carbocycles. The lowest BCUT2D eigenvalue weighted by molar-refractivity contribution is -0.124. The molecule has 0 spiro atoms. The van der Waals surface area contributed by atoms with Crippen LogP contribution in [0.2, 0.25) is 0 Å². The molecular weight excluding hydrogens is 364 g/mol. The van der Waals surface area contributed by atoms with E-state index in [0.29, 0.717) is 12.1 Å². The molecule has 1 aromatic heterocycles. The zero-order valence-corrected chi connectivity index (χ0v) is 16.8. The van der Waals surface area contributed by atoms with Gasteiger partial charge in [0.1, 0.15) is 5.82 Å². The van der Waals surface area contributed by atoms with E-state index in [1.807, 2.05) is 62.5 Å². The van der Waals surface area contributed by atoms with Gasteiger partial charge in [0, 0.05) is 36.7 Å². The summed E-state index contributed by atoms with van der Waals surface area (Å²) < 4.78 is 0. The molecule has 2 N–H and O–H groups in total. The van der Waals surface area contributed by atoms with Crippen LogP contribution < -0.4 is 5.32 Å². The number of aromatic nitrogens is 2. The Kier molecular flexibility index (Phi) is 5.34. The highest BCUT2D eigenvalue weighted by molar-refractivity contribution is 5.95. The summed E-state index contributed by atoms with van der Waals surface area (Å²) in [4.78, 5) is 34.7. The number of hydrogen-bond acceptors (Lipinski definition) is 3. The van der Waals surface area contributed by atoms with Crippen molar-refractivity contribution in [3.8, 4) is 11.4 Å². The SMILES string of the molecule is CCNC(=O)[C@H]1CC[C@@H](N(C)C(=O)c2ccc(-c3nc4ccccc4[nH]3)cc2)C1. The highest BCUT2D eigenvalue weighted by Crippen LogP contribution is 2.30. The maximum atomic E-state index is 12.9. The lowest BCUT2D eigenvalue weighted by Crippen LogP contribution is -2.36. The van der Waals surface area contributed by atoms with Crippen LogP contribution in [0.25, 0.3) is 22.4 Å². The normalized spacial score (nSPS) is 18.7. The lowest BCUT2D eigenvalue weighted by Gasteiger charge is -2.25. The molecule has 2 amide bonds. The van der Waals surface area contributed by atoms with E-state index in [1.165, 1.54) is 0 Å². The highest BCUT2D eigenvalue weighted by Gasteiger charge is 2.33. The maximum absolute atomic E-state index is 12.9. The summed E-state index contributed by atoms with van der Waals surface area (Å²) in [7, 11) is 1.83. The number of nitrogens with one attached hydrogen (secondary N) is 2. The van der Waals surface area contributed by atoms with Crippen LogP contribution in [0.15, 0.2) is 48.5 Å². The van der Waals surface area contributed by atoms with Gasteiger partial charge in [0.25, 0.3) is 5.91 Å². The first-order chi connectivity index (χ1) is 14.1. The van der Waals surface area contributed by atoms with Crippen molar-refractivity contribution in [2.45, 2.75) is 32.2 Å². The third-order valence-corrected chi connectivity index (χ3v) is 5.79. The van der Waals surface area contributed by atoms with Crippen LogP contribution in [-0.2, 0) is 4.79 Å². The van der Waals surface area contributed by atoms with Gasteiger partial charge in [-0.3, -0.25) is 9.59 Å². The molecule has 150 valence electrons. The van der Waals surface area contributed by atoms with Gasteiger partial charge in [0.05, 0.1) is 11.0 Å². The predicted molar refractivity (Wildman–Crippen MR) is 113 cm³/mol. The fourth-order valence-electron chi connectivity index (χ4n) is 4.10. The molecular formula is C23H26N4O2. The number of para-hydroxylation sites is 2. The average molecular weight is 390 g/mol. The van der Waals surface area contributed by atoms with E-state index < -0.39 is 0 Å². The Labute approximate surface area is 170 Å². The number of nitrogens with zero attached hydrogens (tertiary/aromatic N) is 2. The Hall–Kier alpha value is -3.15. The van der Waals surface area contributed by atoms with Crippen molar-refractivity contribution in [1.29, 1.82) is 0 Å². The van der Waals surface area contributed by atoms with Crippen molar-refractivity contribution in [2.75, 3.05) is 13.6 Å². The Morgan fingerprint density at radius 1 is 1.14 bits per heavy atom. The molecule has 4 rings (SSSR count). The first kappa shape index (κ1) is 19.2. The Bertz CT molecular complexity index is 992. The number of rotatable bonds is 5. The summed E-state index contributed by atoms with van der Waals surface area (Å²) in [5.74, 6) is 0.888. The molecule has 0 aliphatic heterocycles. The third kappa shape index (κ3) is 3.88. The second kappa shape index (κ2) is 8.07. The van der Waals surface area contributed by atoms with Gasteiger partial charge in [-0.2, -0.15) is 0 Å². The number of aromatic amines is 1. The smallest absolute Gasteiger partial charge is 0.253 e. The second-order valence-corrected chi connectivity index (χ2v) is 7.65. The largest absolute Gasteiger partial charge is 0.356 e. The van der Waals surface area contributed by atoms with Crippen LogP contribution in [-0.4, -0.2) is 46.3 Å². The number of carbonyl (C=O) groups is 2. The molecule has 0 unspecified atom stereocenters. The summed E-state index contributed by atoms with van der Waals surface area (Å²) >= 11 is 0. The number of benzene rings is 2. The Balaban J connectivity index is 1.44. The Morgan fingerprint density at radius 3 is 2.62 bits per heavy atom. The van der Waals surface area contributed by atoms with E-state index in [-0.39, 0.29) is 23.8 Å². The van der Waals surface area contributed by atoms with Crippen LogP contribution in [0.1, 0.15) is 36.5 Å². The second-order valence-electron chi connectivity index (χ2n) is 7.65. The molecule has 29 heavy (non-hydrogen) atoms. The predicted octanol–water partition coefficient (Wildman–Crippen LogP) is 3.61. The monoisotopic (exact) mass is 390 g/mol. The van der Waals surface area contributed by atoms with E-state index >= 15 is 0 Å². The summed E-state index contributed by atoms with van der Waals surface area (Å²) in [5.41, 5.74) is 3.50. The van der Waals surface area contributed by atoms with Gasteiger partial charge in [0.2, 0.25) is 5.91 Å². The van der Waals surface area contributed by atoms with Crippen molar-refractivity contribution in [1.82, 2.24) is 20.2 Å². The van der Waals surface area contributed by atoms with Gasteiger partial charge in [-0.05, 0) is 50.5 Å². The third-order valence-electron chi connectivity index (χ3n) is 5.79. The number of fused-ring (bicyclic) bond motifs is 1. The summed E-state index contributed by atoms with van der Waals surface area (Å²) in [6.07, 6.45) is 2.42. The minimum absolute atomic E-state index is 0.00524. The van der Waals surface area contributed by atoms with Crippen LogP contribution in [0, 0.1) is 5.92 Å². The zero-order valence-electron chi connectivity index (χ0n) is 16.8. The van der Waals surface area contributed by atoms with Gasteiger partial charge in [-0.25, -0.2) is 4.98 Å². The molecule has 0 saturated heterocycles. The Morgan fingerprint density at radius 2 is 1.90 bits per heavy atom. The van der Waals surface area contributed by atoms with Crippen LogP contribution in [0.4, 0.5) is 0 Å². The lowest BCUT2D eigenvalue weighted by atomic mass is 10.1. The van der Waals surface area contributed by atoms with Crippen molar-refractivity contribution in [3.05, 3.63) is 54.1 Å². The number of H-pyrrole nitrogens is 1. The maximum Gasteiger partial charge on any atom is 0.253 e. The average Bonchev–Trinajstić information content (AvgIpc) is 3.40. The first-order valence-corrected chi connectivity index (χ1v) is 10.2. The van der Waals surface area contributed by atoms with Crippen molar-refractivity contribution in [3.63, 3.8) is 0 Å². The van der Waals surface area contributed by atoms with Crippen LogP contribution in [0.5, 0.6) is 0 Å². The molecule has 1 aliphatic rings. The van der Waals surface area contributed by atoms with E-state index in [9.17, 15) is 9.59 Å². The molecule has 2 atom stereocenters.